The second kappa shape index (κ2) is 4.87. The number of hydrogen-bond donors (Lipinski definition) is 2. The minimum Gasteiger partial charge on any atom is -0.323 e. The van der Waals surface area contributed by atoms with Crippen LogP contribution in [0.15, 0.2) is 6.20 Å². The van der Waals surface area contributed by atoms with Crippen molar-refractivity contribution in [2.24, 2.45) is 13.0 Å². The zero-order valence-corrected chi connectivity index (χ0v) is 10.7. The van der Waals surface area contributed by atoms with Crippen LogP contribution < -0.4 is 10.6 Å². The summed E-state index contributed by atoms with van der Waals surface area (Å²) in [6.07, 6.45) is 3.86. The first kappa shape index (κ1) is 12.1. The van der Waals surface area contributed by atoms with Crippen LogP contribution in [-0.4, -0.2) is 28.3 Å². The zero-order chi connectivity index (χ0) is 12.4. The lowest BCUT2D eigenvalue weighted by Gasteiger charge is -2.26. The van der Waals surface area contributed by atoms with E-state index in [0.29, 0.717) is 6.04 Å². The number of carbonyl (C=O) groups is 1. The van der Waals surface area contributed by atoms with Crippen LogP contribution >= 0.6 is 0 Å². The van der Waals surface area contributed by atoms with Gasteiger partial charge in [0.2, 0.25) is 5.91 Å². The Hall–Kier alpha value is -1.36. The fourth-order valence-electron chi connectivity index (χ4n) is 2.18. The molecule has 2 unspecified atom stereocenters. The molecule has 2 heterocycles. The maximum absolute atomic E-state index is 12.0. The molecule has 1 amide bonds. The molecule has 0 aromatic carbocycles. The lowest BCUT2D eigenvalue weighted by Crippen LogP contribution is -2.41. The minimum absolute atomic E-state index is 0.0748. The van der Waals surface area contributed by atoms with Crippen molar-refractivity contribution in [3.63, 3.8) is 0 Å². The molecule has 1 aromatic rings. The van der Waals surface area contributed by atoms with Gasteiger partial charge in [0, 0.05) is 25.8 Å². The van der Waals surface area contributed by atoms with Gasteiger partial charge in [0.25, 0.3) is 0 Å². The summed E-state index contributed by atoms with van der Waals surface area (Å²) in [6.45, 7) is 4.82. The van der Waals surface area contributed by atoms with Crippen molar-refractivity contribution < 1.29 is 4.79 Å². The van der Waals surface area contributed by atoms with Gasteiger partial charge in [-0.05, 0) is 26.7 Å². The molecule has 1 saturated heterocycles. The summed E-state index contributed by atoms with van der Waals surface area (Å²) >= 11 is 0. The van der Waals surface area contributed by atoms with E-state index >= 15 is 0 Å². The second-order valence-electron chi connectivity index (χ2n) is 4.87. The monoisotopic (exact) mass is 236 g/mol. The smallest absolute Gasteiger partial charge is 0.228 e. The van der Waals surface area contributed by atoms with Crippen LogP contribution in [0.3, 0.4) is 0 Å². The second-order valence-corrected chi connectivity index (χ2v) is 4.87. The van der Waals surface area contributed by atoms with E-state index in [1.165, 1.54) is 0 Å². The zero-order valence-electron chi connectivity index (χ0n) is 10.7. The van der Waals surface area contributed by atoms with E-state index in [4.69, 9.17) is 0 Å². The number of nitrogens with zero attached hydrogens (tertiary/aromatic N) is 2. The van der Waals surface area contributed by atoms with E-state index in [-0.39, 0.29) is 11.8 Å². The first-order valence-corrected chi connectivity index (χ1v) is 6.10. The van der Waals surface area contributed by atoms with Gasteiger partial charge in [-0.25, -0.2) is 0 Å². The molecule has 0 radical (unpaired) electrons. The number of aryl methyl sites for hydroxylation is 2. The third kappa shape index (κ3) is 2.85. The Labute approximate surface area is 102 Å². The van der Waals surface area contributed by atoms with Crippen LogP contribution in [0.4, 0.5) is 5.69 Å². The van der Waals surface area contributed by atoms with Gasteiger partial charge in [-0.3, -0.25) is 9.48 Å². The average Bonchev–Trinajstić information content (AvgIpc) is 2.58. The minimum atomic E-state index is 0.0748. The van der Waals surface area contributed by atoms with E-state index in [1.807, 2.05) is 20.2 Å². The maximum Gasteiger partial charge on any atom is 0.228 e. The van der Waals surface area contributed by atoms with E-state index in [1.54, 1.807) is 4.68 Å². The van der Waals surface area contributed by atoms with Crippen LogP contribution in [-0.2, 0) is 11.8 Å². The van der Waals surface area contributed by atoms with Crippen molar-refractivity contribution in [2.45, 2.75) is 32.7 Å². The predicted octanol–water partition coefficient (Wildman–Crippen LogP) is 1.06. The SMILES string of the molecule is Cc1nn(C)cc1NC(=O)C1CCC(C)NC1. The van der Waals surface area contributed by atoms with Gasteiger partial charge in [-0.15, -0.1) is 0 Å². The number of aromatic nitrogens is 2. The van der Waals surface area contributed by atoms with Crippen LogP contribution in [0.5, 0.6) is 0 Å². The van der Waals surface area contributed by atoms with Gasteiger partial charge in [-0.1, -0.05) is 0 Å². The van der Waals surface area contributed by atoms with Crippen LogP contribution in [0, 0.1) is 12.8 Å². The molecule has 1 aromatic heterocycles. The van der Waals surface area contributed by atoms with Crippen molar-refractivity contribution in [3.05, 3.63) is 11.9 Å². The number of hydrogen-bond acceptors (Lipinski definition) is 3. The third-order valence-corrected chi connectivity index (χ3v) is 3.30. The average molecular weight is 236 g/mol. The van der Waals surface area contributed by atoms with Gasteiger partial charge >= 0.3 is 0 Å². The Morgan fingerprint density at radius 3 is 2.88 bits per heavy atom. The van der Waals surface area contributed by atoms with Gasteiger partial charge in [0.1, 0.15) is 0 Å². The molecule has 0 bridgehead atoms. The highest BCUT2D eigenvalue weighted by Crippen LogP contribution is 2.18. The predicted molar refractivity (Wildman–Crippen MR) is 66.8 cm³/mol. The first-order chi connectivity index (χ1) is 8.06. The summed E-state index contributed by atoms with van der Waals surface area (Å²) in [5, 5.41) is 10.5. The summed E-state index contributed by atoms with van der Waals surface area (Å²) in [7, 11) is 1.85. The highest BCUT2D eigenvalue weighted by atomic mass is 16.1. The molecular weight excluding hydrogens is 216 g/mol. The largest absolute Gasteiger partial charge is 0.323 e. The van der Waals surface area contributed by atoms with E-state index in [0.717, 1.165) is 30.8 Å². The quantitative estimate of drug-likeness (QED) is 0.807. The summed E-state index contributed by atoms with van der Waals surface area (Å²) in [6, 6.07) is 0.527. The molecule has 2 atom stereocenters. The molecule has 2 N–H and O–H groups in total. The van der Waals surface area contributed by atoms with Crippen molar-refractivity contribution >= 4 is 11.6 Å². The lowest BCUT2D eigenvalue weighted by atomic mass is 9.95. The highest BCUT2D eigenvalue weighted by molar-refractivity contribution is 5.93. The number of amides is 1. The topological polar surface area (TPSA) is 59.0 Å². The van der Waals surface area contributed by atoms with Crippen LogP contribution in [0.25, 0.3) is 0 Å². The van der Waals surface area contributed by atoms with Crippen molar-refractivity contribution in [1.82, 2.24) is 15.1 Å². The third-order valence-electron chi connectivity index (χ3n) is 3.30. The van der Waals surface area contributed by atoms with Crippen molar-refractivity contribution in [1.29, 1.82) is 0 Å². The molecule has 1 aliphatic heterocycles. The van der Waals surface area contributed by atoms with Crippen LogP contribution in [0.1, 0.15) is 25.5 Å². The van der Waals surface area contributed by atoms with E-state index < -0.39 is 0 Å². The highest BCUT2D eigenvalue weighted by Gasteiger charge is 2.24. The number of carbonyl (C=O) groups excluding carboxylic acids is 1. The van der Waals surface area contributed by atoms with Crippen LogP contribution in [0.2, 0.25) is 0 Å². The first-order valence-electron chi connectivity index (χ1n) is 6.10. The Morgan fingerprint density at radius 2 is 2.35 bits per heavy atom. The molecule has 1 fully saturated rings. The normalized spacial score (nSPS) is 24.6. The maximum atomic E-state index is 12.0. The lowest BCUT2D eigenvalue weighted by molar-refractivity contribution is -0.120. The summed E-state index contributed by atoms with van der Waals surface area (Å²) < 4.78 is 1.71. The van der Waals surface area contributed by atoms with Crippen molar-refractivity contribution in [2.75, 3.05) is 11.9 Å². The molecule has 94 valence electrons. The van der Waals surface area contributed by atoms with Crippen molar-refractivity contribution in [3.8, 4) is 0 Å². The Balaban J connectivity index is 1.95. The number of rotatable bonds is 2. The van der Waals surface area contributed by atoms with Gasteiger partial charge in [0.05, 0.1) is 17.3 Å². The van der Waals surface area contributed by atoms with E-state index in [2.05, 4.69) is 22.7 Å². The number of anilines is 1. The Kier molecular flexibility index (Phi) is 3.47. The molecule has 2 rings (SSSR count). The Bertz CT molecular complexity index is 405. The van der Waals surface area contributed by atoms with Gasteiger partial charge in [0.15, 0.2) is 0 Å². The molecule has 17 heavy (non-hydrogen) atoms. The molecule has 0 aliphatic carbocycles. The molecule has 5 heteroatoms. The molecular formula is C12H20N4O. The fraction of sp³-hybridized carbons (Fsp3) is 0.667. The fourth-order valence-corrected chi connectivity index (χ4v) is 2.18. The summed E-state index contributed by atoms with van der Waals surface area (Å²) in [5.41, 5.74) is 1.68. The molecule has 0 saturated carbocycles. The summed E-state index contributed by atoms with van der Waals surface area (Å²) in [4.78, 5) is 12.0. The van der Waals surface area contributed by atoms with E-state index in [9.17, 15) is 4.79 Å². The van der Waals surface area contributed by atoms with Gasteiger partial charge < -0.3 is 10.6 Å². The number of piperidine rings is 1. The van der Waals surface area contributed by atoms with Gasteiger partial charge in [-0.2, -0.15) is 5.10 Å². The number of nitrogens with one attached hydrogen (secondary N) is 2. The Morgan fingerprint density at radius 1 is 1.59 bits per heavy atom. The molecule has 0 spiro atoms. The molecule has 5 nitrogen and oxygen atoms in total. The standard InChI is InChI=1S/C12H20N4O/c1-8-4-5-10(6-13-8)12(17)14-11-7-16(3)15-9(11)2/h7-8,10,13H,4-6H2,1-3H3,(H,14,17). The molecule has 1 aliphatic rings. The summed E-state index contributed by atoms with van der Waals surface area (Å²) in [5.74, 6) is 0.173.